The van der Waals surface area contributed by atoms with Gasteiger partial charge in [-0.05, 0) is 26.2 Å². The largest absolute Gasteiger partial charge is 0.481 e. The molecule has 106 valence electrons. The average molecular weight is 270 g/mol. The van der Waals surface area contributed by atoms with Crippen LogP contribution >= 0.6 is 0 Å². The van der Waals surface area contributed by atoms with Gasteiger partial charge in [-0.3, -0.25) is 14.4 Å². The van der Waals surface area contributed by atoms with Crippen LogP contribution in [0.15, 0.2) is 0 Å². The zero-order valence-electron chi connectivity index (χ0n) is 10.8. The first-order valence-corrected chi connectivity index (χ1v) is 6.56. The van der Waals surface area contributed by atoms with E-state index in [-0.39, 0.29) is 19.4 Å². The van der Waals surface area contributed by atoms with E-state index in [2.05, 4.69) is 0 Å². The lowest BCUT2D eigenvalue weighted by Gasteiger charge is -2.60. The molecule has 0 heterocycles. The molecular formula is C13H18O6. The predicted octanol–water partition coefficient (Wildman–Crippen LogP) is 1.29. The average Bonchev–Trinajstić information content (AvgIpc) is 2.30. The summed E-state index contributed by atoms with van der Waals surface area (Å²) in [6.45, 7) is 1.82. The molecule has 0 unspecified atom stereocenters. The van der Waals surface area contributed by atoms with Crippen LogP contribution in [0.5, 0.6) is 0 Å². The molecule has 2 aliphatic rings. The fourth-order valence-electron chi connectivity index (χ4n) is 3.85. The quantitative estimate of drug-likeness (QED) is 0.746. The SMILES string of the molecule is CCOC(=O)[C@@H]1C[C@@]2(C(=O)O)CCCC[C@@]12C(=O)O. The molecule has 19 heavy (non-hydrogen) atoms. The van der Waals surface area contributed by atoms with Crippen molar-refractivity contribution in [3.63, 3.8) is 0 Å². The highest BCUT2D eigenvalue weighted by molar-refractivity contribution is 5.95. The molecule has 2 rings (SSSR count). The molecule has 2 fully saturated rings. The fourth-order valence-corrected chi connectivity index (χ4v) is 3.85. The van der Waals surface area contributed by atoms with E-state index in [1.165, 1.54) is 0 Å². The lowest BCUT2D eigenvalue weighted by atomic mass is 9.39. The Bertz CT molecular complexity index is 431. The van der Waals surface area contributed by atoms with Gasteiger partial charge in [0.2, 0.25) is 0 Å². The van der Waals surface area contributed by atoms with Crippen LogP contribution in [0.3, 0.4) is 0 Å². The molecule has 0 aromatic rings. The number of carboxylic acid groups (broad SMARTS) is 2. The van der Waals surface area contributed by atoms with Crippen LogP contribution in [-0.4, -0.2) is 34.7 Å². The molecule has 0 aromatic heterocycles. The number of hydrogen-bond donors (Lipinski definition) is 2. The minimum atomic E-state index is -1.48. The van der Waals surface area contributed by atoms with Gasteiger partial charge >= 0.3 is 17.9 Å². The van der Waals surface area contributed by atoms with Gasteiger partial charge in [0.05, 0.1) is 23.4 Å². The Labute approximate surface area is 110 Å². The maximum Gasteiger partial charge on any atom is 0.311 e. The normalized spacial score (nSPS) is 36.8. The Morgan fingerprint density at radius 1 is 1.16 bits per heavy atom. The summed E-state index contributed by atoms with van der Waals surface area (Å²) in [5, 5.41) is 19.0. The van der Waals surface area contributed by atoms with Crippen molar-refractivity contribution in [1.29, 1.82) is 0 Å². The second-order valence-electron chi connectivity index (χ2n) is 5.38. The van der Waals surface area contributed by atoms with Crippen molar-refractivity contribution in [2.24, 2.45) is 16.7 Å². The minimum Gasteiger partial charge on any atom is -0.481 e. The maximum atomic E-state index is 11.9. The number of rotatable bonds is 4. The molecule has 0 radical (unpaired) electrons. The highest BCUT2D eigenvalue weighted by Crippen LogP contribution is 2.68. The lowest BCUT2D eigenvalue weighted by molar-refractivity contribution is -0.225. The van der Waals surface area contributed by atoms with E-state index in [0.29, 0.717) is 19.3 Å². The smallest absolute Gasteiger partial charge is 0.311 e. The third kappa shape index (κ3) is 1.58. The van der Waals surface area contributed by atoms with E-state index < -0.39 is 34.7 Å². The van der Waals surface area contributed by atoms with Crippen molar-refractivity contribution in [2.45, 2.75) is 39.0 Å². The van der Waals surface area contributed by atoms with Gasteiger partial charge in [-0.25, -0.2) is 0 Å². The molecule has 6 nitrogen and oxygen atoms in total. The summed E-state index contributed by atoms with van der Waals surface area (Å²) in [5.41, 5.74) is -2.78. The van der Waals surface area contributed by atoms with Gasteiger partial charge in [-0.15, -0.1) is 0 Å². The van der Waals surface area contributed by atoms with E-state index in [1.807, 2.05) is 0 Å². The minimum absolute atomic E-state index is 0.0769. The van der Waals surface area contributed by atoms with Crippen molar-refractivity contribution < 1.29 is 29.3 Å². The highest BCUT2D eigenvalue weighted by atomic mass is 16.5. The van der Waals surface area contributed by atoms with E-state index >= 15 is 0 Å². The van der Waals surface area contributed by atoms with Crippen LogP contribution in [0, 0.1) is 16.7 Å². The number of aliphatic carboxylic acids is 2. The molecule has 2 saturated carbocycles. The van der Waals surface area contributed by atoms with Gasteiger partial charge in [0.25, 0.3) is 0 Å². The first-order chi connectivity index (χ1) is 8.92. The van der Waals surface area contributed by atoms with E-state index in [4.69, 9.17) is 4.74 Å². The summed E-state index contributed by atoms with van der Waals surface area (Å²) in [5.74, 6) is -3.70. The molecule has 0 amide bonds. The molecule has 0 bridgehead atoms. The number of hydrogen-bond acceptors (Lipinski definition) is 4. The van der Waals surface area contributed by atoms with E-state index in [0.717, 1.165) is 0 Å². The summed E-state index contributed by atoms with van der Waals surface area (Å²) in [4.78, 5) is 35.1. The summed E-state index contributed by atoms with van der Waals surface area (Å²) >= 11 is 0. The van der Waals surface area contributed by atoms with Crippen LogP contribution in [0.1, 0.15) is 39.0 Å². The van der Waals surface area contributed by atoms with Crippen molar-refractivity contribution in [2.75, 3.05) is 6.61 Å². The molecule has 6 heteroatoms. The summed E-state index contributed by atoms with van der Waals surface area (Å²) in [7, 11) is 0. The van der Waals surface area contributed by atoms with Crippen LogP contribution in [0.25, 0.3) is 0 Å². The number of carbonyl (C=O) groups excluding carboxylic acids is 1. The number of esters is 1. The number of carbonyl (C=O) groups is 3. The Hall–Kier alpha value is -1.59. The van der Waals surface area contributed by atoms with Gasteiger partial charge in [-0.1, -0.05) is 12.8 Å². The van der Waals surface area contributed by atoms with Gasteiger partial charge in [0.15, 0.2) is 0 Å². The second kappa shape index (κ2) is 4.51. The molecule has 0 aliphatic heterocycles. The van der Waals surface area contributed by atoms with Crippen molar-refractivity contribution in [1.82, 2.24) is 0 Å². The van der Waals surface area contributed by atoms with Crippen molar-refractivity contribution in [3.8, 4) is 0 Å². The second-order valence-corrected chi connectivity index (χ2v) is 5.38. The molecule has 3 atom stereocenters. The van der Waals surface area contributed by atoms with Crippen molar-refractivity contribution >= 4 is 17.9 Å². The third-order valence-corrected chi connectivity index (χ3v) is 4.79. The van der Waals surface area contributed by atoms with Crippen LogP contribution < -0.4 is 0 Å². The first-order valence-electron chi connectivity index (χ1n) is 6.56. The summed E-state index contributed by atoms with van der Waals surface area (Å²) < 4.78 is 4.90. The Morgan fingerprint density at radius 3 is 2.32 bits per heavy atom. The van der Waals surface area contributed by atoms with E-state index in [9.17, 15) is 24.6 Å². The first kappa shape index (κ1) is 13.8. The Kier molecular flexibility index (Phi) is 3.28. The van der Waals surface area contributed by atoms with Crippen LogP contribution in [0.4, 0.5) is 0 Å². The zero-order chi connectivity index (χ0) is 14.3. The Balaban J connectivity index is 2.40. The van der Waals surface area contributed by atoms with Gasteiger partial charge in [-0.2, -0.15) is 0 Å². The summed E-state index contributed by atoms with van der Waals surface area (Å²) in [6.07, 6.45) is 1.96. The predicted molar refractivity (Wildman–Crippen MR) is 63.3 cm³/mol. The molecule has 0 aromatic carbocycles. The van der Waals surface area contributed by atoms with Gasteiger partial charge in [0.1, 0.15) is 0 Å². The number of fused-ring (bicyclic) bond motifs is 1. The maximum absolute atomic E-state index is 11.9. The Morgan fingerprint density at radius 2 is 1.79 bits per heavy atom. The highest BCUT2D eigenvalue weighted by Gasteiger charge is 2.76. The van der Waals surface area contributed by atoms with Gasteiger partial charge in [0, 0.05) is 0 Å². The summed E-state index contributed by atoms with van der Waals surface area (Å²) in [6, 6.07) is 0. The number of carboxylic acids is 2. The van der Waals surface area contributed by atoms with Crippen molar-refractivity contribution in [3.05, 3.63) is 0 Å². The molecule has 0 saturated heterocycles. The molecular weight excluding hydrogens is 252 g/mol. The third-order valence-electron chi connectivity index (χ3n) is 4.79. The van der Waals surface area contributed by atoms with Crippen LogP contribution in [0.2, 0.25) is 0 Å². The monoisotopic (exact) mass is 270 g/mol. The molecule has 2 aliphatic carbocycles. The molecule has 0 spiro atoms. The lowest BCUT2D eigenvalue weighted by Crippen LogP contribution is -2.69. The fraction of sp³-hybridized carbons (Fsp3) is 0.769. The topological polar surface area (TPSA) is 101 Å². The number of ether oxygens (including phenoxy) is 1. The zero-order valence-corrected chi connectivity index (χ0v) is 10.8. The standard InChI is InChI=1S/C13H18O6/c1-2-19-9(14)8-7-12(10(15)16)5-3-4-6-13(8,12)11(17)18/h8H,2-7H2,1H3,(H,15,16)(H,17,18)/t8-,12+,13-/m0/s1. The van der Waals surface area contributed by atoms with E-state index in [1.54, 1.807) is 6.92 Å². The van der Waals surface area contributed by atoms with Gasteiger partial charge < -0.3 is 14.9 Å². The van der Waals surface area contributed by atoms with Crippen LogP contribution in [-0.2, 0) is 19.1 Å². The molecule has 2 N–H and O–H groups in total.